The van der Waals surface area contributed by atoms with E-state index < -0.39 is 57.7 Å². The average Bonchev–Trinajstić information content (AvgIpc) is 3.32. The summed E-state index contributed by atoms with van der Waals surface area (Å²) in [5, 5.41) is 8.93. The number of nitrogens with two attached hydrogens (primary N) is 1. The molecule has 0 fully saturated rings. The van der Waals surface area contributed by atoms with Crippen LogP contribution in [-0.4, -0.2) is 59.9 Å². The number of phosphoric ester groups is 1. The van der Waals surface area contributed by atoms with Crippen LogP contribution in [-0.2, 0) is 37.5 Å². The third-order valence-corrected chi connectivity index (χ3v) is 12.4. The van der Waals surface area contributed by atoms with E-state index >= 15 is 0 Å². The van der Waals surface area contributed by atoms with Crippen molar-refractivity contribution in [1.82, 2.24) is 0 Å². The Morgan fingerprint density at radius 2 is 0.794 bits per heavy atom. The van der Waals surface area contributed by atoms with Crippen molar-refractivity contribution < 1.29 is 47.5 Å². The minimum atomic E-state index is -4.75. The maximum atomic E-state index is 12.7. The van der Waals surface area contributed by atoms with Crippen LogP contribution in [0.1, 0.15) is 232 Å². The zero-order valence-electron chi connectivity index (χ0n) is 42.9. The number of allylic oxidation sites excluding steroid dienone is 12. The molecule has 0 saturated carbocycles. The van der Waals surface area contributed by atoms with E-state index in [0.29, 0.717) is 25.7 Å². The van der Waals surface area contributed by atoms with Crippen LogP contribution >= 0.6 is 7.82 Å². The van der Waals surface area contributed by atoms with Crippen LogP contribution in [0, 0.1) is 0 Å². The van der Waals surface area contributed by atoms with Crippen molar-refractivity contribution in [3.05, 3.63) is 72.9 Å². The number of unbranched alkanes of at least 4 members (excludes halogenated alkanes) is 24. The van der Waals surface area contributed by atoms with Gasteiger partial charge >= 0.3 is 25.7 Å². The lowest BCUT2D eigenvalue weighted by Gasteiger charge is -2.20. The van der Waals surface area contributed by atoms with Gasteiger partial charge in [-0.3, -0.25) is 23.4 Å². The van der Waals surface area contributed by atoms with Crippen LogP contribution in [0.25, 0.3) is 0 Å². The molecule has 4 N–H and O–H groups in total. The Hall–Kier alpha value is -3.08. The van der Waals surface area contributed by atoms with Gasteiger partial charge in [-0.15, -0.1) is 0 Å². The molecule has 12 heteroatoms. The van der Waals surface area contributed by atoms with E-state index in [1.807, 2.05) is 12.2 Å². The van der Waals surface area contributed by atoms with Crippen molar-refractivity contribution in [2.75, 3.05) is 19.8 Å². The van der Waals surface area contributed by atoms with Gasteiger partial charge in [-0.1, -0.05) is 209 Å². The van der Waals surface area contributed by atoms with E-state index in [9.17, 15) is 23.8 Å². The van der Waals surface area contributed by atoms with Crippen LogP contribution in [0.15, 0.2) is 72.9 Å². The number of esters is 2. The van der Waals surface area contributed by atoms with Gasteiger partial charge in [0.15, 0.2) is 6.10 Å². The molecule has 68 heavy (non-hydrogen) atoms. The molecule has 0 aliphatic rings. The minimum Gasteiger partial charge on any atom is -0.480 e. The van der Waals surface area contributed by atoms with Crippen LogP contribution < -0.4 is 5.73 Å². The Kier molecular flexibility index (Phi) is 48.0. The Bertz CT molecular complexity index is 1420. The van der Waals surface area contributed by atoms with Crippen LogP contribution in [0.4, 0.5) is 0 Å². The maximum Gasteiger partial charge on any atom is 0.472 e. The summed E-state index contributed by atoms with van der Waals surface area (Å²) >= 11 is 0. The van der Waals surface area contributed by atoms with Gasteiger partial charge in [0.1, 0.15) is 12.6 Å². The first-order valence-corrected chi connectivity index (χ1v) is 28.5. The van der Waals surface area contributed by atoms with Gasteiger partial charge < -0.3 is 25.2 Å². The molecule has 0 saturated heterocycles. The van der Waals surface area contributed by atoms with Crippen molar-refractivity contribution >= 4 is 25.7 Å². The maximum absolute atomic E-state index is 12.7. The van der Waals surface area contributed by atoms with E-state index in [2.05, 4.69) is 79.1 Å². The summed E-state index contributed by atoms with van der Waals surface area (Å²) in [7, 11) is -4.75. The third kappa shape index (κ3) is 49.3. The lowest BCUT2D eigenvalue weighted by molar-refractivity contribution is -0.161. The zero-order valence-corrected chi connectivity index (χ0v) is 43.8. The number of ether oxygens (including phenoxy) is 2. The van der Waals surface area contributed by atoms with Crippen LogP contribution in [0.3, 0.4) is 0 Å². The number of rotatable bonds is 50. The average molecular weight is 976 g/mol. The van der Waals surface area contributed by atoms with Crippen molar-refractivity contribution in [3.8, 4) is 0 Å². The summed E-state index contributed by atoms with van der Waals surface area (Å²) in [6, 6.07) is -1.54. The van der Waals surface area contributed by atoms with E-state index in [1.54, 1.807) is 0 Å². The molecule has 0 bridgehead atoms. The highest BCUT2D eigenvalue weighted by molar-refractivity contribution is 7.47. The summed E-state index contributed by atoms with van der Waals surface area (Å²) in [4.78, 5) is 46.2. The normalized spacial score (nSPS) is 14.1. The van der Waals surface area contributed by atoms with Gasteiger partial charge in [0.2, 0.25) is 0 Å². The first kappa shape index (κ1) is 64.9. The van der Waals surface area contributed by atoms with Gasteiger partial charge in [-0.05, 0) is 83.5 Å². The fourth-order valence-electron chi connectivity index (χ4n) is 7.20. The highest BCUT2D eigenvalue weighted by Gasteiger charge is 2.28. The summed E-state index contributed by atoms with van der Waals surface area (Å²) in [6.45, 7) is 2.74. The highest BCUT2D eigenvalue weighted by atomic mass is 31.2. The Morgan fingerprint density at radius 1 is 0.456 bits per heavy atom. The Balaban J connectivity index is 4.37. The quantitative estimate of drug-likeness (QED) is 0.0229. The molecule has 392 valence electrons. The number of carboxylic acids is 1. The van der Waals surface area contributed by atoms with Gasteiger partial charge in [0.25, 0.3) is 0 Å². The van der Waals surface area contributed by atoms with Crippen molar-refractivity contribution in [2.24, 2.45) is 5.73 Å². The van der Waals surface area contributed by atoms with E-state index in [1.165, 1.54) is 141 Å². The predicted molar refractivity (Wildman–Crippen MR) is 281 cm³/mol. The molecule has 0 amide bonds. The molecule has 0 aromatic rings. The second kappa shape index (κ2) is 50.3. The third-order valence-electron chi connectivity index (χ3n) is 11.4. The Morgan fingerprint density at radius 3 is 1.22 bits per heavy atom. The van der Waals surface area contributed by atoms with Crippen molar-refractivity contribution in [1.29, 1.82) is 0 Å². The smallest absolute Gasteiger partial charge is 0.472 e. The molecule has 3 atom stereocenters. The number of hydrogen-bond acceptors (Lipinski definition) is 9. The molecule has 0 radical (unpaired) electrons. The van der Waals surface area contributed by atoms with Crippen molar-refractivity contribution in [2.45, 2.75) is 244 Å². The fourth-order valence-corrected chi connectivity index (χ4v) is 7.97. The minimum absolute atomic E-state index is 0.0872. The topological polar surface area (TPSA) is 172 Å². The number of carbonyl (C=O) groups is 3. The van der Waals surface area contributed by atoms with Gasteiger partial charge in [-0.25, -0.2) is 4.57 Å². The molecule has 11 nitrogen and oxygen atoms in total. The number of carboxylic acid groups (broad SMARTS) is 1. The highest BCUT2D eigenvalue weighted by Crippen LogP contribution is 2.43. The molecule has 0 aliphatic heterocycles. The van der Waals surface area contributed by atoms with Crippen molar-refractivity contribution in [3.63, 3.8) is 0 Å². The zero-order chi connectivity index (χ0) is 49.9. The van der Waals surface area contributed by atoms with Crippen LogP contribution in [0.2, 0.25) is 0 Å². The Labute approximate surface area is 414 Å². The second-order valence-electron chi connectivity index (χ2n) is 18.0. The van der Waals surface area contributed by atoms with Gasteiger partial charge in [-0.2, -0.15) is 0 Å². The molecule has 0 heterocycles. The largest absolute Gasteiger partial charge is 0.480 e. The molecule has 0 rings (SSSR count). The lowest BCUT2D eigenvalue weighted by atomic mass is 10.0. The number of hydrogen-bond donors (Lipinski definition) is 3. The molecule has 0 aromatic carbocycles. The molecular formula is C56H98NO10P. The first-order valence-electron chi connectivity index (χ1n) is 27.0. The standard InChI is InChI=1S/C56H98NO10P/c1-3-5-7-9-11-13-15-17-19-21-23-25-26-28-30-32-34-36-38-40-42-44-46-48-55(59)67-52(50-65-68(62,63)66-51-53(57)56(60)61)49-64-54(58)47-45-43-41-39-37-35-33-31-29-27-24-22-20-18-16-14-12-10-8-6-4-2/h20,22,27,29,32-35,39-42,52-53H,3-19,21,23-26,28,30-31,36-38,43-51,57H2,1-2H3,(H,60,61)(H,62,63)/b22-20+,29-27+,34-32+,35-33+,41-39+,42-40+/t52-,53+/m1/s1. The monoisotopic (exact) mass is 976 g/mol. The molecule has 0 aliphatic carbocycles. The summed E-state index contributed by atoms with van der Waals surface area (Å²) in [6.07, 6.45) is 62.8. The number of phosphoric acid groups is 1. The summed E-state index contributed by atoms with van der Waals surface area (Å²) in [5.41, 5.74) is 5.35. The lowest BCUT2D eigenvalue weighted by Crippen LogP contribution is -2.34. The first-order chi connectivity index (χ1) is 33.1. The number of aliphatic carboxylic acids is 1. The SMILES string of the molecule is CCCCCCCCC/C=C/C/C=C/C/C=C/C/C=C/CCCC(=O)OC[C@H](COP(=O)(O)OC[C@H](N)C(=O)O)OC(=O)CCC/C=C/CC/C=C/CCCCCCCCCCCCCCCC. The summed E-state index contributed by atoms with van der Waals surface area (Å²) < 4.78 is 32.8. The van der Waals surface area contributed by atoms with E-state index in [4.69, 9.17) is 24.8 Å². The van der Waals surface area contributed by atoms with E-state index in [0.717, 1.165) is 38.5 Å². The van der Waals surface area contributed by atoms with Gasteiger partial charge in [0, 0.05) is 12.8 Å². The molecule has 0 spiro atoms. The van der Waals surface area contributed by atoms with E-state index in [-0.39, 0.29) is 12.8 Å². The molecule has 0 aromatic heterocycles. The van der Waals surface area contributed by atoms with Gasteiger partial charge in [0.05, 0.1) is 13.2 Å². The fraction of sp³-hybridized carbons (Fsp3) is 0.732. The van der Waals surface area contributed by atoms with Crippen LogP contribution in [0.5, 0.6) is 0 Å². The number of carbonyl (C=O) groups excluding carboxylic acids is 2. The predicted octanol–water partition coefficient (Wildman–Crippen LogP) is 15.6. The summed E-state index contributed by atoms with van der Waals surface area (Å²) in [5.74, 6) is -2.50. The molecular weight excluding hydrogens is 878 g/mol. The second-order valence-corrected chi connectivity index (χ2v) is 19.4. The molecule has 1 unspecified atom stereocenters.